The minimum atomic E-state index is 0.473. The van der Waals surface area contributed by atoms with Crippen molar-refractivity contribution < 1.29 is 0 Å². The van der Waals surface area contributed by atoms with E-state index in [0.717, 1.165) is 39.6 Å². The topological polar surface area (TPSA) is 42.2 Å². The first-order valence-electron chi connectivity index (χ1n) is 9.86. The second-order valence-electron chi connectivity index (χ2n) is 7.24. The molecule has 0 amide bonds. The van der Waals surface area contributed by atoms with Crippen LogP contribution in [-0.4, -0.2) is 20.4 Å². The van der Waals surface area contributed by atoms with E-state index in [2.05, 4.69) is 77.8 Å². The van der Waals surface area contributed by atoms with Crippen molar-refractivity contribution in [2.24, 2.45) is 0 Å². The van der Waals surface area contributed by atoms with Gasteiger partial charge in [-0.1, -0.05) is 43.4 Å². The zero-order chi connectivity index (χ0) is 19.7. The highest BCUT2D eigenvalue weighted by atomic mass is 32.1. The summed E-state index contributed by atoms with van der Waals surface area (Å²) in [6, 6.07) is 9.18. The Morgan fingerprint density at radius 2 is 1.93 bits per heavy atom. The Labute approximate surface area is 170 Å². The van der Waals surface area contributed by atoms with E-state index in [-0.39, 0.29) is 0 Å². The van der Waals surface area contributed by atoms with Crippen molar-refractivity contribution in [3.63, 3.8) is 0 Å². The zero-order valence-corrected chi connectivity index (χ0v) is 17.7. The van der Waals surface area contributed by atoms with Crippen LogP contribution in [0.1, 0.15) is 37.8 Å². The van der Waals surface area contributed by atoms with Crippen LogP contribution in [-0.2, 0) is 0 Å². The van der Waals surface area contributed by atoms with Crippen LogP contribution >= 0.6 is 11.3 Å². The van der Waals surface area contributed by atoms with E-state index < -0.39 is 0 Å². The fourth-order valence-electron chi connectivity index (χ4n) is 3.55. The zero-order valence-electron chi connectivity index (χ0n) is 16.9. The number of anilines is 1. The number of fused-ring (bicyclic) bond motifs is 1. The minimum absolute atomic E-state index is 0.473. The first-order valence-corrected chi connectivity index (χ1v) is 10.7. The van der Waals surface area contributed by atoms with Crippen LogP contribution in [0.2, 0.25) is 0 Å². The van der Waals surface area contributed by atoms with Gasteiger partial charge in [0.15, 0.2) is 5.13 Å². The molecule has 0 radical (unpaired) electrons. The number of thiazole rings is 1. The van der Waals surface area contributed by atoms with Crippen molar-refractivity contribution >= 4 is 22.1 Å². The second kappa shape index (κ2) is 7.76. The average Bonchev–Trinajstić information content (AvgIpc) is 3.36. The number of rotatable bonds is 6. The van der Waals surface area contributed by atoms with Gasteiger partial charge < -0.3 is 9.72 Å². The number of benzene rings is 1. The van der Waals surface area contributed by atoms with Crippen LogP contribution in [0.5, 0.6) is 0 Å². The van der Waals surface area contributed by atoms with Gasteiger partial charge in [0.2, 0.25) is 0 Å². The highest BCUT2D eigenvalue weighted by Crippen LogP contribution is 2.35. The summed E-state index contributed by atoms with van der Waals surface area (Å²) in [6.45, 7) is 8.75. The Hall–Kier alpha value is -2.66. The highest BCUT2D eigenvalue weighted by molar-refractivity contribution is 7.18. The number of nitrogens with zero attached hydrogens (tertiary/aromatic N) is 3. The molecule has 5 heteroatoms. The molecule has 28 heavy (non-hydrogen) atoms. The van der Waals surface area contributed by atoms with Crippen molar-refractivity contribution in [3.05, 3.63) is 60.2 Å². The third kappa shape index (κ3) is 3.42. The predicted molar refractivity (Wildman–Crippen MR) is 119 cm³/mol. The van der Waals surface area contributed by atoms with E-state index in [1.54, 1.807) is 11.3 Å². The monoisotopic (exact) mass is 390 g/mol. The normalized spacial score (nSPS) is 11.5. The molecular weight excluding hydrogens is 364 g/mol. The lowest BCUT2D eigenvalue weighted by atomic mass is 9.97. The summed E-state index contributed by atoms with van der Waals surface area (Å²) in [4.78, 5) is 10.4. The molecule has 4 aromatic rings. The van der Waals surface area contributed by atoms with Gasteiger partial charge in [-0.3, -0.25) is 0 Å². The summed E-state index contributed by atoms with van der Waals surface area (Å²) in [6.07, 6.45) is 10.2. The van der Waals surface area contributed by atoms with Crippen molar-refractivity contribution in [2.45, 2.75) is 46.6 Å². The number of aromatic nitrogens is 3. The highest BCUT2D eigenvalue weighted by Gasteiger charge is 2.14. The average molecular weight is 391 g/mol. The summed E-state index contributed by atoms with van der Waals surface area (Å²) in [7, 11) is 0. The lowest BCUT2D eigenvalue weighted by Gasteiger charge is -2.13. The number of aryl methyl sites for hydroxylation is 1. The molecule has 0 saturated carbocycles. The van der Waals surface area contributed by atoms with Crippen LogP contribution in [0, 0.1) is 13.8 Å². The smallest absolute Gasteiger partial charge is 0.183 e. The van der Waals surface area contributed by atoms with Gasteiger partial charge in [0.1, 0.15) is 5.65 Å². The molecule has 0 aliphatic carbocycles. The molecule has 4 nitrogen and oxygen atoms in total. The van der Waals surface area contributed by atoms with Gasteiger partial charge >= 0.3 is 0 Å². The third-order valence-electron chi connectivity index (χ3n) is 5.49. The molecule has 0 bridgehead atoms. The Bertz CT molecular complexity index is 1100. The number of pyridine rings is 1. The van der Waals surface area contributed by atoms with Gasteiger partial charge in [-0.15, -0.1) is 0 Å². The maximum atomic E-state index is 4.61. The molecule has 0 unspecified atom stereocenters. The molecule has 0 saturated heterocycles. The fraction of sp³-hybridized carbons (Fsp3) is 0.304. The van der Waals surface area contributed by atoms with Gasteiger partial charge in [0, 0.05) is 42.0 Å². The van der Waals surface area contributed by atoms with Crippen LogP contribution in [0.25, 0.3) is 27.2 Å². The van der Waals surface area contributed by atoms with Crippen molar-refractivity contribution in [2.75, 3.05) is 5.32 Å². The summed E-state index contributed by atoms with van der Waals surface area (Å²) in [5.41, 5.74) is 7.13. The molecule has 0 spiro atoms. The van der Waals surface area contributed by atoms with Crippen LogP contribution in [0.15, 0.2) is 49.1 Å². The third-order valence-corrected chi connectivity index (χ3v) is 6.46. The van der Waals surface area contributed by atoms with E-state index in [0.29, 0.717) is 6.04 Å². The lowest BCUT2D eigenvalue weighted by Crippen LogP contribution is -2.16. The van der Waals surface area contributed by atoms with Gasteiger partial charge in [-0.25, -0.2) is 9.97 Å². The van der Waals surface area contributed by atoms with E-state index in [1.165, 1.54) is 16.7 Å². The van der Waals surface area contributed by atoms with Crippen molar-refractivity contribution in [1.29, 1.82) is 0 Å². The Balaban J connectivity index is 1.80. The van der Waals surface area contributed by atoms with E-state index >= 15 is 0 Å². The largest absolute Gasteiger partial charge is 0.359 e. The molecule has 3 aromatic heterocycles. The molecule has 4 rings (SSSR count). The summed E-state index contributed by atoms with van der Waals surface area (Å²) >= 11 is 1.71. The Morgan fingerprint density at radius 1 is 1.11 bits per heavy atom. The SMILES string of the molecule is CCC(CC)Nc1ncc(-c2cc(-c3cccc(C)c3C)c3nccn3c2)s1. The molecular formula is C23H26N4S. The van der Waals surface area contributed by atoms with E-state index in [1.807, 2.05) is 18.6 Å². The summed E-state index contributed by atoms with van der Waals surface area (Å²) in [5.74, 6) is 0. The fourth-order valence-corrected chi connectivity index (χ4v) is 4.42. The first kappa shape index (κ1) is 18.7. The van der Waals surface area contributed by atoms with Gasteiger partial charge in [0.05, 0.1) is 4.88 Å². The van der Waals surface area contributed by atoms with Crippen LogP contribution in [0.3, 0.4) is 0 Å². The number of nitrogens with one attached hydrogen (secondary N) is 1. The van der Waals surface area contributed by atoms with Gasteiger partial charge in [0.25, 0.3) is 0 Å². The molecule has 0 aliphatic rings. The van der Waals surface area contributed by atoms with E-state index in [4.69, 9.17) is 0 Å². The standard InChI is InChI=1S/C23H26N4S/c1-5-18(6-2)26-23-25-13-21(28-23)17-12-20(22-24-10-11-27(22)14-17)19-9-7-8-15(3)16(19)4/h7-14,18H,5-6H2,1-4H3,(H,25,26). The predicted octanol–water partition coefficient (Wildman–Crippen LogP) is 6.34. The van der Waals surface area contributed by atoms with Gasteiger partial charge in [-0.2, -0.15) is 0 Å². The maximum absolute atomic E-state index is 4.61. The van der Waals surface area contributed by atoms with Crippen LogP contribution < -0.4 is 5.32 Å². The summed E-state index contributed by atoms with van der Waals surface area (Å²) in [5, 5.41) is 4.54. The van der Waals surface area contributed by atoms with E-state index in [9.17, 15) is 0 Å². The molecule has 144 valence electrons. The molecule has 0 fully saturated rings. The molecule has 0 aliphatic heterocycles. The maximum Gasteiger partial charge on any atom is 0.183 e. The van der Waals surface area contributed by atoms with Gasteiger partial charge in [-0.05, 0) is 49.4 Å². The first-order chi connectivity index (χ1) is 13.6. The van der Waals surface area contributed by atoms with Crippen molar-refractivity contribution in [3.8, 4) is 21.6 Å². The second-order valence-corrected chi connectivity index (χ2v) is 8.27. The molecule has 1 N–H and O–H groups in total. The Kier molecular flexibility index (Phi) is 5.18. The van der Waals surface area contributed by atoms with Crippen molar-refractivity contribution in [1.82, 2.24) is 14.4 Å². The lowest BCUT2D eigenvalue weighted by molar-refractivity contribution is 0.671. The molecule has 1 aromatic carbocycles. The quantitative estimate of drug-likeness (QED) is 0.417. The number of hydrogen-bond donors (Lipinski definition) is 1. The molecule has 3 heterocycles. The van der Waals surface area contributed by atoms with Crippen LogP contribution in [0.4, 0.5) is 5.13 Å². The summed E-state index contributed by atoms with van der Waals surface area (Å²) < 4.78 is 2.11. The Morgan fingerprint density at radius 3 is 2.71 bits per heavy atom. The molecule has 0 atom stereocenters. The minimum Gasteiger partial charge on any atom is -0.359 e. The number of hydrogen-bond acceptors (Lipinski definition) is 4. The number of imidazole rings is 1.